The molecule has 0 radical (unpaired) electrons. The SMILES string of the molecule is CN1[C@H]2CCC[C@@H]1n1c3ccccc3c3c4c(c5c6ccccc6n2c5c31)C(=O)NC4=O. The minimum absolute atomic E-state index is 0.205. The molecule has 5 aromatic rings. The molecule has 2 atom stereocenters. The van der Waals surface area contributed by atoms with Gasteiger partial charge in [0.25, 0.3) is 11.8 Å². The largest absolute Gasteiger partial charge is 0.322 e. The summed E-state index contributed by atoms with van der Waals surface area (Å²) >= 11 is 0. The fourth-order valence-electron chi connectivity index (χ4n) is 6.76. The van der Waals surface area contributed by atoms with Crippen LogP contribution in [0.25, 0.3) is 43.6 Å². The van der Waals surface area contributed by atoms with E-state index in [1.165, 1.54) is 0 Å². The van der Waals surface area contributed by atoms with Gasteiger partial charge in [0, 0.05) is 21.5 Å². The van der Waals surface area contributed by atoms with Crippen molar-refractivity contribution in [3.05, 3.63) is 59.7 Å². The highest BCUT2D eigenvalue weighted by atomic mass is 16.2. The van der Waals surface area contributed by atoms with E-state index >= 15 is 0 Å². The normalized spacial score (nSPS) is 22.4. The van der Waals surface area contributed by atoms with E-state index in [0.717, 1.165) is 62.9 Å². The molecule has 6 heteroatoms. The molecule has 2 amide bonds. The Morgan fingerprint density at radius 2 is 1.22 bits per heavy atom. The van der Waals surface area contributed by atoms with Gasteiger partial charge in [-0.15, -0.1) is 0 Å². The second-order valence-electron chi connectivity index (χ2n) is 9.31. The zero-order valence-corrected chi connectivity index (χ0v) is 17.6. The van der Waals surface area contributed by atoms with Crippen LogP contribution in [0.3, 0.4) is 0 Å². The van der Waals surface area contributed by atoms with Gasteiger partial charge in [-0.1, -0.05) is 36.4 Å². The number of carbonyl (C=O) groups is 2. The van der Waals surface area contributed by atoms with Crippen LogP contribution >= 0.6 is 0 Å². The van der Waals surface area contributed by atoms with E-state index in [0.29, 0.717) is 11.1 Å². The topological polar surface area (TPSA) is 59.3 Å². The quantitative estimate of drug-likeness (QED) is 0.362. The Bertz CT molecular complexity index is 1580. The van der Waals surface area contributed by atoms with Crippen molar-refractivity contribution >= 4 is 55.4 Å². The molecule has 6 nitrogen and oxygen atoms in total. The van der Waals surface area contributed by atoms with Gasteiger partial charge < -0.3 is 9.13 Å². The third-order valence-electron chi connectivity index (χ3n) is 7.94. The van der Waals surface area contributed by atoms with E-state index in [1.54, 1.807) is 0 Å². The Balaban J connectivity index is 1.81. The van der Waals surface area contributed by atoms with Crippen molar-refractivity contribution in [1.82, 2.24) is 19.4 Å². The molecule has 0 saturated carbocycles. The van der Waals surface area contributed by atoms with E-state index in [4.69, 9.17) is 0 Å². The highest BCUT2D eigenvalue weighted by molar-refractivity contribution is 6.39. The summed E-state index contributed by atoms with van der Waals surface area (Å²) in [4.78, 5) is 28.8. The molecular formula is C26H20N4O2. The maximum absolute atomic E-state index is 13.2. The van der Waals surface area contributed by atoms with Crippen LogP contribution in [-0.4, -0.2) is 32.9 Å². The van der Waals surface area contributed by atoms with Gasteiger partial charge in [-0.25, -0.2) is 0 Å². The van der Waals surface area contributed by atoms with Gasteiger partial charge in [0.15, 0.2) is 0 Å². The summed E-state index contributed by atoms with van der Waals surface area (Å²) in [5.74, 6) is -0.570. The van der Waals surface area contributed by atoms with Crippen LogP contribution < -0.4 is 5.32 Å². The molecule has 1 fully saturated rings. The monoisotopic (exact) mass is 420 g/mol. The van der Waals surface area contributed by atoms with Gasteiger partial charge >= 0.3 is 0 Å². The number of para-hydroxylation sites is 2. The summed E-state index contributed by atoms with van der Waals surface area (Å²) in [6.07, 6.45) is 3.67. The van der Waals surface area contributed by atoms with Crippen LogP contribution in [0.5, 0.6) is 0 Å². The summed E-state index contributed by atoms with van der Waals surface area (Å²) in [5, 5.41) is 6.51. The first-order valence-corrected chi connectivity index (χ1v) is 11.3. The molecule has 2 aromatic heterocycles. The van der Waals surface area contributed by atoms with Crippen LogP contribution in [0.2, 0.25) is 0 Å². The van der Waals surface area contributed by atoms with Crippen LogP contribution in [0.4, 0.5) is 0 Å². The second-order valence-corrected chi connectivity index (χ2v) is 9.31. The molecule has 32 heavy (non-hydrogen) atoms. The number of benzene rings is 3. The maximum atomic E-state index is 13.2. The summed E-state index contributed by atoms with van der Waals surface area (Å²) in [6.45, 7) is 0. The lowest BCUT2D eigenvalue weighted by molar-refractivity contribution is 0.0414. The average Bonchev–Trinajstić information content (AvgIpc) is 3.40. The van der Waals surface area contributed by atoms with Crippen molar-refractivity contribution in [2.45, 2.75) is 31.6 Å². The number of carbonyl (C=O) groups excluding carboxylic acids is 2. The number of piperidine rings is 1. The molecule has 1 N–H and O–H groups in total. The number of hydrogen-bond donors (Lipinski definition) is 1. The highest BCUT2D eigenvalue weighted by Crippen LogP contribution is 2.51. The number of aromatic nitrogens is 2. The molecule has 3 aliphatic rings. The number of hydrogen-bond acceptors (Lipinski definition) is 3. The first-order valence-electron chi connectivity index (χ1n) is 11.3. The fraction of sp³-hybridized carbons (Fsp3) is 0.231. The number of nitrogens with one attached hydrogen (secondary N) is 1. The van der Waals surface area contributed by atoms with Crippen molar-refractivity contribution in [2.24, 2.45) is 0 Å². The Morgan fingerprint density at radius 1 is 0.750 bits per heavy atom. The number of rotatable bonds is 0. The molecule has 5 heterocycles. The average molecular weight is 420 g/mol. The van der Waals surface area contributed by atoms with E-state index in [1.807, 2.05) is 12.1 Å². The Morgan fingerprint density at radius 3 is 1.72 bits per heavy atom. The predicted molar refractivity (Wildman–Crippen MR) is 124 cm³/mol. The minimum atomic E-state index is -0.285. The summed E-state index contributed by atoms with van der Waals surface area (Å²) in [6, 6.07) is 16.6. The van der Waals surface area contributed by atoms with E-state index < -0.39 is 0 Å². The second kappa shape index (κ2) is 5.40. The highest BCUT2D eigenvalue weighted by Gasteiger charge is 2.42. The van der Waals surface area contributed by atoms with Crippen LogP contribution in [0.15, 0.2) is 48.5 Å². The van der Waals surface area contributed by atoms with Crippen molar-refractivity contribution in [2.75, 3.05) is 7.05 Å². The zero-order chi connectivity index (χ0) is 21.3. The number of fused-ring (bicyclic) bond motifs is 13. The van der Waals surface area contributed by atoms with Crippen LogP contribution in [-0.2, 0) is 0 Å². The maximum Gasteiger partial charge on any atom is 0.259 e. The lowest BCUT2D eigenvalue weighted by Gasteiger charge is -2.40. The lowest BCUT2D eigenvalue weighted by Crippen LogP contribution is -2.37. The molecule has 156 valence electrons. The number of nitrogens with zero attached hydrogens (tertiary/aromatic N) is 3. The fourth-order valence-corrected chi connectivity index (χ4v) is 6.76. The smallest absolute Gasteiger partial charge is 0.259 e. The Kier molecular flexibility index (Phi) is 2.86. The summed E-state index contributed by atoms with van der Waals surface area (Å²) in [5.41, 5.74) is 5.49. The van der Waals surface area contributed by atoms with Crippen molar-refractivity contribution in [1.29, 1.82) is 0 Å². The van der Waals surface area contributed by atoms with Crippen molar-refractivity contribution in [3.8, 4) is 0 Å². The van der Waals surface area contributed by atoms with Crippen molar-refractivity contribution < 1.29 is 9.59 Å². The van der Waals surface area contributed by atoms with Crippen molar-refractivity contribution in [3.63, 3.8) is 0 Å². The molecule has 1 saturated heterocycles. The first-order chi connectivity index (χ1) is 15.7. The molecule has 3 aromatic carbocycles. The Labute approximate surface area is 183 Å². The van der Waals surface area contributed by atoms with Gasteiger partial charge in [0.1, 0.15) is 0 Å². The molecule has 2 bridgehead atoms. The van der Waals surface area contributed by atoms with Gasteiger partial charge in [-0.2, -0.15) is 0 Å². The number of imide groups is 1. The van der Waals surface area contributed by atoms with Gasteiger partial charge in [0.05, 0.1) is 45.5 Å². The zero-order valence-electron chi connectivity index (χ0n) is 17.6. The molecule has 0 aliphatic carbocycles. The molecule has 8 rings (SSSR count). The predicted octanol–water partition coefficient (Wildman–Crippen LogP) is 4.91. The third kappa shape index (κ3) is 1.68. The third-order valence-corrected chi connectivity index (χ3v) is 7.94. The minimum Gasteiger partial charge on any atom is -0.322 e. The first kappa shape index (κ1) is 17.0. The molecule has 0 unspecified atom stereocenters. The molecule has 3 aliphatic heterocycles. The Hall–Kier alpha value is -3.64. The number of amides is 2. The lowest BCUT2D eigenvalue weighted by atomic mass is 9.96. The van der Waals surface area contributed by atoms with E-state index in [2.05, 4.69) is 62.8 Å². The van der Waals surface area contributed by atoms with Gasteiger partial charge in [-0.05, 0) is 38.4 Å². The van der Waals surface area contributed by atoms with Gasteiger partial charge in [-0.3, -0.25) is 19.8 Å². The van der Waals surface area contributed by atoms with Gasteiger partial charge in [0.2, 0.25) is 0 Å². The molecular weight excluding hydrogens is 400 g/mol. The van der Waals surface area contributed by atoms with E-state index in [9.17, 15) is 9.59 Å². The van der Waals surface area contributed by atoms with E-state index in [-0.39, 0.29) is 24.1 Å². The van der Waals surface area contributed by atoms with Crippen LogP contribution in [0, 0.1) is 0 Å². The molecule has 0 spiro atoms. The van der Waals surface area contributed by atoms with Crippen LogP contribution in [0.1, 0.15) is 52.3 Å². The summed E-state index contributed by atoms with van der Waals surface area (Å²) < 4.78 is 4.88. The standard InChI is InChI=1S/C26H20N4O2/c1-28-17-11-6-12-18(28)30-16-10-5-3-8-14(16)20-22-21(25(31)27-26(22)32)19-13-7-2-4-9-15(13)29(17)23(19)24(20)30/h2-5,7-10,17-18H,6,11-12H2,1H3,(H,27,31,32)/t17-,18+. The summed E-state index contributed by atoms with van der Waals surface area (Å²) in [7, 11) is 2.22.